The summed E-state index contributed by atoms with van der Waals surface area (Å²) in [4.78, 5) is 39.2. The standard InChI is InChI=1S/C23H28N2O3/c1-6-15(3)24-21(27)20-17-11-23(4,5)12-19(26)18(17)13-25(22(20)28)16-9-7-14(2)8-10-16/h7-10,13,15H,6,11-12H2,1-5H3,(H,24,27)/t15-/m1/s1. The highest BCUT2D eigenvalue weighted by Gasteiger charge is 2.36. The fraction of sp³-hybridized carbons (Fsp3) is 0.435. The highest BCUT2D eigenvalue weighted by atomic mass is 16.2. The third-order valence-electron chi connectivity index (χ3n) is 5.44. The topological polar surface area (TPSA) is 68.2 Å². The number of amides is 1. The average Bonchev–Trinajstić information content (AvgIpc) is 2.61. The molecule has 5 nitrogen and oxygen atoms in total. The minimum atomic E-state index is -0.400. The number of Topliss-reactive ketones (excluding diaryl/α,β-unsaturated/α-hetero) is 1. The molecule has 0 radical (unpaired) electrons. The van der Waals surface area contributed by atoms with Gasteiger partial charge in [0.15, 0.2) is 5.78 Å². The Morgan fingerprint density at radius 3 is 2.43 bits per heavy atom. The molecule has 1 aromatic heterocycles. The second-order valence-electron chi connectivity index (χ2n) is 8.63. The van der Waals surface area contributed by atoms with Gasteiger partial charge < -0.3 is 5.32 Å². The molecule has 0 saturated heterocycles. The minimum absolute atomic E-state index is 0.0234. The molecular formula is C23H28N2O3. The predicted molar refractivity (Wildman–Crippen MR) is 110 cm³/mol. The molecule has 148 valence electrons. The molecule has 5 heteroatoms. The first kappa shape index (κ1) is 20.1. The maximum atomic E-state index is 13.3. The number of nitrogens with zero attached hydrogens (tertiary/aromatic N) is 1. The molecule has 1 heterocycles. The molecule has 3 rings (SSSR count). The number of carbonyl (C=O) groups is 2. The maximum Gasteiger partial charge on any atom is 0.268 e. The summed E-state index contributed by atoms with van der Waals surface area (Å²) in [6.07, 6.45) is 3.30. The van der Waals surface area contributed by atoms with Gasteiger partial charge in [0.05, 0.1) is 0 Å². The first-order chi connectivity index (χ1) is 13.1. The molecule has 2 aromatic rings. The zero-order chi connectivity index (χ0) is 20.6. The second kappa shape index (κ2) is 7.38. The van der Waals surface area contributed by atoms with E-state index in [1.165, 1.54) is 4.57 Å². The molecule has 0 fully saturated rings. The number of carbonyl (C=O) groups excluding carboxylic acids is 2. The summed E-state index contributed by atoms with van der Waals surface area (Å²) in [6, 6.07) is 7.42. The van der Waals surface area contributed by atoms with Gasteiger partial charge in [-0.15, -0.1) is 0 Å². The Hall–Kier alpha value is -2.69. The summed E-state index contributed by atoms with van der Waals surface area (Å²) >= 11 is 0. The Morgan fingerprint density at radius 1 is 1.18 bits per heavy atom. The summed E-state index contributed by atoms with van der Waals surface area (Å²) in [6.45, 7) is 9.84. The predicted octanol–water partition coefficient (Wildman–Crippen LogP) is 3.83. The van der Waals surface area contributed by atoms with E-state index in [1.54, 1.807) is 6.20 Å². The molecule has 1 amide bonds. The van der Waals surface area contributed by atoms with Gasteiger partial charge in [-0.05, 0) is 49.8 Å². The van der Waals surface area contributed by atoms with Crippen LogP contribution < -0.4 is 10.9 Å². The summed E-state index contributed by atoms with van der Waals surface area (Å²) in [5, 5.41) is 2.90. The Labute approximate surface area is 165 Å². The number of pyridine rings is 1. The van der Waals surface area contributed by atoms with Crippen molar-refractivity contribution in [1.82, 2.24) is 9.88 Å². The molecule has 0 unspecified atom stereocenters. The molecule has 0 aliphatic heterocycles. The van der Waals surface area contributed by atoms with E-state index >= 15 is 0 Å². The first-order valence-corrected chi connectivity index (χ1v) is 9.82. The van der Waals surface area contributed by atoms with Gasteiger partial charge in [0.25, 0.3) is 11.5 Å². The van der Waals surface area contributed by atoms with Crippen LogP contribution in [0.5, 0.6) is 0 Å². The number of rotatable bonds is 4. The number of hydrogen-bond donors (Lipinski definition) is 1. The Bertz CT molecular complexity index is 984. The third-order valence-corrected chi connectivity index (χ3v) is 5.44. The zero-order valence-corrected chi connectivity index (χ0v) is 17.3. The minimum Gasteiger partial charge on any atom is -0.349 e. The van der Waals surface area contributed by atoms with Crippen LogP contribution in [0.2, 0.25) is 0 Å². The molecule has 0 saturated carbocycles. The van der Waals surface area contributed by atoms with Crippen molar-refractivity contribution in [2.45, 2.75) is 59.9 Å². The lowest BCUT2D eigenvalue weighted by Crippen LogP contribution is -2.41. The van der Waals surface area contributed by atoms with Crippen molar-refractivity contribution in [2.75, 3.05) is 0 Å². The van der Waals surface area contributed by atoms with Crippen molar-refractivity contribution in [3.8, 4) is 5.69 Å². The van der Waals surface area contributed by atoms with E-state index in [1.807, 2.05) is 58.9 Å². The van der Waals surface area contributed by atoms with E-state index in [9.17, 15) is 14.4 Å². The monoisotopic (exact) mass is 380 g/mol. The van der Waals surface area contributed by atoms with Crippen LogP contribution in [0.15, 0.2) is 35.3 Å². The van der Waals surface area contributed by atoms with Gasteiger partial charge in [-0.2, -0.15) is 0 Å². The highest BCUT2D eigenvalue weighted by Crippen LogP contribution is 2.35. The number of nitrogens with one attached hydrogen (secondary N) is 1. The van der Waals surface area contributed by atoms with Crippen molar-refractivity contribution in [2.24, 2.45) is 5.41 Å². The fourth-order valence-electron chi connectivity index (χ4n) is 3.67. The van der Waals surface area contributed by atoms with Gasteiger partial charge >= 0.3 is 0 Å². The number of ketones is 1. The van der Waals surface area contributed by atoms with Crippen LogP contribution in [0.3, 0.4) is 0 Å². The van der Waals surface area contributed by atoms with E-state index in [0.717, 1.165) is 12.0 Å². The van der Waals surface area contributed by atoms with Gasteiger partial charge in [0.1, 0.15) is 5.56 Å². The number of benzene rings is 1. The van der Waals surface area contributed by atoms with Crippen LogP contribution in [0.1, 0.15) is 72.4 Å². The lowest BCUT2D eigenvalue weighted by atomic mass is 9.73. The molecule has 0 spiro atoms. The second-order valence-corrected chi connectivity index (χ2v) is 8.63. The Morgan fingerprint density at radius 2 is 1.82 bits per heavy atom. The van der Waals surface area contributed by atoms with Gasteiger partial charge in [0.2, 0.25) is 0 Å². The SMILES string of the molecule is CC[C@@H](C)NC(=O)c1c2c(cn(-c3ccc(C)cc3)c1=O)C(=O)CC(C)(C)C2. The average molecular weight is 380 g/mol. The molecule has 1 aromatic carbocycles. The summed E-state index contributed by atoms with van der Waals surface area (Å²) in [5.74, 6) is -0.424. The van der Waals surface area contributed by atoms with Crippen molar-refractivity contribution >= 4 is 11.7 Å². The number of aryl methyl sites for hydroxylation is 1. The molecule has 1 aliphatic carbocycles. The number of aromatic nitrogens is 1. The number of hydrogen-bond acceptors (Lipinski definition) is 3. The van der Waals surface area contributed by atoms with Crippen LogP contribution in [-0.2, 0) is 6.42 Å². The van der Waals surface area contributed by atoms with Crippen molar-refractivity contribution in [3.05, 3.63) is 63.1 Å². The van der Waals surface area contributed by atoms with Crippen LogP contribution in [0.4, 0.5) is 0 Å². The maximum absolute atomic E-state index is 13.3. The van der Waals surface area contributed by atoms with E-state index in [2.05, 4.69) is 5.32 Å². The lowest BCUT2D eigenvalue weighted by molar-refractivity contribution is 0.0908. The Kier molecular flexibility index (Phi) is 5.28. The largest absolute Gasteiger partial charge is 0.349 e. The number of fused-ring (bicyclic) bond motifs is 1. The smallest absolute Gasteiger partial charge is 0.268 e. The van der Waals surface area contributed by atoms with Crippen LogP contribution in [-0.4, -0.2) is 22.3 Å². The van der Waals surface area contributed by atoms with Gasteiger partial charge in [-0.25, -0.2) is 0 Å². The van der Waals surface area contributed by atoms with Gasteiger partial charge in [-0.3, -0.25) is 19.0 Å². The van der Waals surface area contributed by atoms with E-state index in [-0.39, 0.29) is 28.4 Å². The van der Waals surface area contributed by atoms with E-state index < -0.39 is 5.91 Å². The quantitative estimate of drug-likeness (QED) is 0.876. The third kappa shape index (κ3) is 3.79. The Balaban J connectivity index is 2.25. The van der Waals surface area contributed by atoms with Crippen LogP contribution in [0, 0.1) is 12.3 Å². The molecule has 0 bridgehead atoms. The van der Waals surface area contributed by atoms with Gasteiger partial charge in [0, 0.05) is 29.9 Å². The highest BCUT2D eigenvalue weighted by molar-refractivity contribution is 6.04. The van der Waals surface area contributed by atoms with Gasteiger partial charge in [-0.1, -0.05) is 38.5 Å². The molecule has 1 N–H and O–H groups in total. The van der Waals surface area contributed by atoms with Crippen molar-refractivity contribution in [1.29, 1.82) is 0 Å². The molecule has 1 atom stereocenters. The lowest BCUT2D eigenvalue weighted by Gasteiger charge is -2.31. The normalized spacial score (nSPS) is 16.4. The summed E-state index contributed by atoms with van der Waals surface area (Å²) in [7, 11) is 0. The fourth-order valence-corrected chi connectivity index (χ4v) is 3.67. The summed E-state index contributed by atoms with van der Waals surface area (Å²) in [5.41, 5.74) is 2.21. The zero-order valence-electron chi connectivity index (χ0n) is 17.3. The molecular weight excluding hydrogens is 352 g/mol. The molecule has 28 heavy (non-hydrogen) atoms. The van der Waals surface area contributed by atoms with Crippen molar-refractivity contribution in [3.63, 3.8) is 0 Å². The first-order valence-electron chi connectivity index (χ1n) is 9.82. The van der Waals surface area contributed by atoms with E-state index in [0.29, 0.717) is 29.7 Å². The summed E-state index contributed by atoms with van der Waals surface area (Å²) < 4.78 is 1.43. The van der Waals surface area contributed by atoms with Crippen molar-refractivity contribution < 1.29 is 9.59 Å². The van der Waals surface area contributed by atoms with Crippen LogP contribution in [0.25, 0.3) is 5.69 Å². The molecule has 1 aliphatic rings. The van der Waals surface area contributed by atoms with Crippen LogP contribution >= 0.6 is 0 Å². The van der Waals surface area contributed by atoms with E-state index in [4.69, 9.17) is 0 Å².